The van der Waals surface area contributed by atoms with Gasteiger partial charge in [-0.25, -0.2) is 9.78 Å². The van der Waals surface area contributed by atoms with Gasteiger partial charge in [-0.15, -0.1) is 11.8 Å². The zero-order valence-corrected chi connectivity index (χ0v) is 8.78. The van der Waals surface area contributed by atoms with Crippen LogP contribution < -0.4 is 0 Å². The number of methoxy groups -OCH3 is 1. The van der Waals surface area contributed by atoms with Gasteiger partial charge in [0, 0.05) is 6.20 Å². The number of pyridine rings is 1. The molecule has 0 unspecified atom stereocenters. The number of hydrogen-bond donors (Lipinski definition) is 0. The summed E-state index contributed by atoms with van der Waals surface area (Å²) < 4.78 is 4.60. The Morgan fingerprint density at radius 2 is 2.38 bits per heavy atom. The van der Waals surface area contributed by atoms with Crippen LogP contribution in [0.4, 0.5) is 0 Å². The highest BCUT2D eigenvalue weighted by Crippen LogP contribution is 2.27. The highest BCUT2D eigenvalue weighted by Gasteiger charge is 2.14. The minimum atomic E-state index is -0.395. The predicted molar refractivity (Wildman–Crippen MR) is 52.4 cm³/mol. The van der Waals surface area contributed by atoms with Gasteiger partial charge in [-0.3, -0.25) is 0 Å². The van der Waals surface area contributed by atoms with E-state index in [1.807, 2.05) is 6.26 Å². The van der Waals surface area contributed by atoms with Gasteiger partial charge in [0.15, 0.2) is 0 Å². The zero-order chi connectivity index (χ0) is 9.84. The number of carbonyl (C=O) groups is 1. The summed E-state index contributed by atoms with van der Waals surface area (Å²) in [5, 5.41) is 0.329. The molecule has 1 rings (SSSR count). The van der Waals surface area contributed by atoms with Crippen molar-refractivity contribution >= 4 is 29.3 Å². The third kappa shape index (κ3) is 2.14. The summed E-state index contributed by atoms with van der Waals surface area (Å²) in [6.07, 6.45) is 3.31. The maximum absolute atomic E-state index is 11.2. The number of ether oxygens (including phenoxy) is 1. The van der Waals surface area contributed by atoms with Crippen molar-refractivity contribution in [2.24, 2.45) is 0 Å². The molecule has 0 atom stereocenters. The van der Waals surface area contributed by atoms with Gasteiger partial charge in [-0.1, -0.05) is 11.6 Å². The summed E-state index contributed by atoms with van der Waals surface area (Å²) >= 11 is 7.16. The normalized spacial score (nSPS) is 9.77. The zero-order valence-electron chi connectivity index (χ0n) is 7.20. The third-order valence-electron chi connectivity index (χ3n) is 1.47. The molecular formula is C8H8ClNO2S. The summed E-state index contributed by atoms with van der Waals surface area (Å²) in [4.78, 5) is 15.7. The molecule has 3 nitrogen and oxygen atoms in total. The standard InChI is InChI=1S/C8H8ClNO2S/c1-12-8(11)5-3-4-10-7(9)6(5)13-2/h3-4H,1-2H3. The number of halogens is 1. The first-order valence-corrected chi connectivity index (χ1v) is 5.07. The molecule has 0 aromatic carbocycles. The molecule has 0 radical (unpaired) electrons. The minimum Gasteiger partial charge on any atom is -0.465 e. The van der Waals surface area contributed by atoms with E-state index >= 15 is 0 Å². The molecule has 0 fully saturated rings. The second kappa shape index (κ2) is 4.48. The van der Waals surface area contributed by atoms with Crippen molar-refractivity contribution in [1.82, 2.24) is 4.98 Å². The van der Waals surface area contributed by atoms with E-state index in [0.29, 0.717) is 15.6 Å². The Kier molecular flexibility index (Phi) is 3.57. The molecule has 0 saturated carbocycles. The fourth-order valence-electron chi connectivity index (χ4n) is 0.888. The van der Waals surface area contributed by atoms with E-state index in [1.165, 1.54) is 25.1 Å². The average Bonchev–Trinajstić information content (AvgIpc) is 2.16. The summed E-state index contributed by atoms with van der Waals surface area (Å²) in [6.45, 7) is 0. The summed E-state index contributed by atoms with van der Waals surface area (Å²) in [5.74, 6) is -0.395. The summed E-state index contributed by atoms with van der Waals surface area (Å²) in [7, 11) is 1.33. The minimum absolute atomic E-state index is 0.329. The van der Waals surface area contributed by atoms with E-state index in [2.05, 4.69) is 9.72 Å². The lowest BCUT2D eigenvalue weighted by Gasteiger charge is -2.05. The van der Waals surface area contributed by atoms with Crippen LogP contribution in [0, 0.1) is 0 Å². The monoisotopic (exact) mass is 217 g/mol. The van der Waals surface area contributed by atoms with Crippen LogP contribution in [-0.2, 0) is 4.74 Å². The Morgan fingerprint density at radius 1 is 1.69 bits per heavy atom. The van der Waals surface area contributed by atoms with Gasteiger partial charge < -0.3 is 4.74 Å². The number of rotatable bonds is 2. The lowest BCUT2D eigenvalue weighted by atomic mass is 10.3. The molecular weight excluding hydrogens is 210 g/mol. The van der Waals surface area contributed by atoms with Crippen LogP contribution >= 0.6 is 23.4 Å². The van der Waals surface area contributed by atoms with E-state index in [1.54, 1.807) is 6.07 Å². The molecule has 0 N–H and O–H groups in total. The lowest BCUT2D eigenvalue weighted by Crippen LogP contribution is -2.03. The molecule has 70 valence electrons. The Bertz CT molecular complexity index is 330. The van der Waals surface area contributed by atoms with Crippen molar-refractivity contribution < 1.29 is 9.53 Å². The summed E-state index contributed by atoms with van der Waals surface area (Å²) in [5.41, 5.74) is 0.454. The van der Waals surface area contributed by atoms with Crippen LogP contribution in [0.15, 0.2) is 17.2 Å². The Hall–Kier alpha value is -0.740. The highest BCUT2D eigenvalue weighted by atomic mass is 35.5. The lowest BCUT2D eigenvalue weighted by molar-refractivity contribution is 0.0596. The fourth-order valence-corrected chi connectivity index (χ4v) is 1.87. The van der Waals surface area contributed by atoms with Crippen LogP contribution in [0.5, 0.6) is 0 Å². The van der Waals surface area contributed by atoms with Crippen molar-refractivity contribution in [1.29, 1.82) is 0 Å². The van der Waals surface area contributed by atoms with Crippen LogP contribution in [-0.4, -0.2) is 24.3 Å². The SMILES string of the molecule is COC(=O)c1ccnc(Cl)c1SC. The number of hydrogen-bond acceptors (Lipinski definition) is 4. The number of aromatic nitrogens is 1. The molecule has 0 saturated heterocycles. The van der Waals surface area contributed by atoms with Crippen LogP contribution in [0.3, 0.4) is 0 Å². The predicted octanol–water partition coefficient (Wildman–Crippen LogP) is 2.24. The van der Waals surface area contributed by atoms with Gasteiger partial charge in [0.05, 0.1) is 17.6 Å². The number of thioether (sulfide) groups is 1. The van der Waals surface area contributed by atoms with E-state index in [4.69, 9.17) is 11.6 Å². The second-order valence-corrected chi connectivity index (χ2v) is 3.35. The number of nitrogens with zero attached hydrogens (tertiary/aromatic N) is 1. The van der Waals surface area contributed by atoms with Crippen molar-refractivity contribution in [2.75, 3.05) is 13.4 Å². The second-order valence-electron chi connectivity index (χ2n) is 2.17. The molecule has 0 spiro atoms. The molecule has 5 heteroatoms. The molecule has 1 heterocycles. The maximum Gasteiger partial charge on any atom is 0.339 e. The molecule has 0 aliphatic rings. The Morgan fingerprint density at radius 3 is 2.92 bits per heavy atom. The van der Waals surface area contributed by atoms with Gasteiger partial charge in [-0.2, -0.15) is 0 Å². The smallest absolute Gasteiger partial charge is 0.339 e. The molecule has 13 heavy (non-hydrogen) atoms. The Labute approximate surface area is 85.4 Å². The van der Waals surface area contributed by atoms with Gasteiger partial charge >= 0.3 is 5.97 Å². The molecule has 1 aromatic rings. The van der Waals surface area contributed by atoms with Gasteiger partial charge in [0.2, 0.25) is 0 Å². The maximum atomic E-state index is 11.2. The highest BCUT2D eigenvalue weighted by molar-refractivity contribution is 7.98. The van der Waals surface area contributed by atoms with E-state index in [9.17, 15) is 4.79 Å². The molecule has 0 bridgehead atoms. The summed E-state index contributed by atoms with van der Waals surface area (Å²) in [6, 6.07) is 1.59. The Balaban J connectivity index is 3.20. The van der Waals surface area contributed by atoms with Gasteiger partial charge in [0.25, 0.3) is 0 Å². The van der Waals surface area contributed by atoms with Gasteiger partial charge in [-0.05, 0) is 12.3 Å². The third-order valence-corrected chi connectivity index (χ3v) is 2.69. The first-order valence-electron chi connectivity index (χ1n) is 3.47. The number of carbonyl (C=O) groups excluding carboxylic acids is 1. The van der Waals surface area contributed by atoms with E-state index < -0.39 is 5.97 Å². The average molecular weight is 218 g/mol. The quantitative estimate of drug-likeness (QED) is 0.433. The van der Waals surface area contributed by atoms with Gasteiger partial charge in [0.1, 0.15) is 5.15 Å². The first-order chi connectivity index (χ1) is 6.20. The van der Waals surface area contributed by atoms with Crippen molar-refractivity contribution in [3.8, 4) is 0 Å². The molecule has 1 aromatic heterocycles. The largest absolute Gasteiger partial charge is 0.465 e. The van der Waals surface area contributed by atoms with E-state index in [0.717, 1.165) is 0 Å². The number of esters is 1. The molecule has 0 aliphatic carbocycles. The topological polar surface area (TPSA) is 39.2 Å². The molecule has 0 aliphatic heterocycles. The van der Waals surface area contributed by atoms with E-state index in [-0.39, 0.29) is 0 Å². The fraction of sp³-hybridized carbons (Fsp3) is 0.250. The van der Waals surface area contributed by atoms with Crippen molar-refractivity contribution in [3.63, 3.8) is 0 Å². The van der Waals surface area contributed by atoms with Crippen LogP contribution in [0.2, 0.25) is 5.15 Å². The van der Waals surface area contributed by atoms with Crippen LogP contribution in [0.25, 0.3) is 0 Å². The first kappa shape index (κ1) is 10.3. The van der Waals surface area contributed by atoms with Crippen molar-refractivity contribution in [3.05, 3.63) is 23.0 Å². The van der Waals surface area contributed by atoms with Crippen molar-refractivity contribution in [2.45, 2.75) is 4.90 Å². The molecule has 0 amide bonds. The van der Waals surface area contributed by atoms with Crippen LogP contribution in [0.1, 0.15) is 10.4 Å².